The van der Waals surface area contributed by atoms with Crippen LogP contribution in [0.25, 0.3) is 12.2 Å². The zero-order valence-corrected chi connectivity index (χ0v) is 18.5. The van der Waals surface area contributed by atoms with Gasteiger partial charge in [0.05, 0.1) is 6.26 Å². The summed E-state index contributed by atoms with van der Waals surface area (Å²) in [5.74, 6) is -0.733. The Hall–Kier alpha value is -3.27. The van der Waals surface area contributed by atoms with Crippen molar-refractivity contribution < 1.29 is 23.2 Å². The summed E-state index contributed by atoms with van der Waals surface area (Å²) in [5.41, 5.74) is 4.66. The van der Waals surface area contributed by atoms with Crippen molar-refractivity contribution in [2.75, 3.05) is 37.3 Å². The van der Waals surface area contributed by atoms with Crippen molar-refractivity contribution in [3.63, 3.8) is 0 Å². The number of piperazine rings is 1. The Balaban J connectivity index is 1.57. The summed E-state index contributed by atoms with van der Waals surface area (Å²) < 4.78 is 24.7. The quantitative estimate of drug-likeness (QED) is 0.287. The van der Waals surface area contributed by atoms with Gasteiger partial charge in [0.2, 0.25) is 10.0 Å². The van der Waals surface area contributed by atoms with Crippen LogP contribution in [0.2, 0.25) is 0 Å². The fourth-order valence-electron chi connectivity index (χ4n) is 3.31. The van der Waals surface area contributed by atoms with Gasteiger partial charge in [-0.3, -0.25) is 14.8 Å². The second kappa shape index (κ2) is 10.4. The van der Waals surface area contributed by atoms with Crippen LogP contribution in [0, 0.1) is 0 Å². The highest BCUT2D eigenvalue weighted by atomic mass is 32.2. The lowest BCUT2D eigenvalue weighted by Gasteiger charge is -2.34. The van der Waals surface area contributed by atoms with Gasteiger partial charge >= 0.3 is 0 Å². The lowest BCUT2D eigenvalue weighted by Crippen LogP contribution is -2.48. The molecule has 2 aromatic carbocycles. The molecule has 0 unspecified atom stereocenters. The Morgan fingerprint density at radius 3 is 1.91 bits per heavy atom. The molecule has 32 heavy (non-hydrogen) atoms. The lowest BCUT2D eigenvalue weighted by molar-refractivity contribution is -0.124. The molecule has 0 aliphatic carbocycles. The van der Waals surface area contributed by atoms with E-state index in [2.05, 4.69) is 4.90 Å². The first kappa shape index (κ1) is 23.4. The molecule has 168 valence electrons. The van der Waals surface area contributed by atoms with E-state index in [1.54, 1.807) is 36.4 Å². The smallest absolute Gasteiger partial charge is 0.267 e. The number of rotatable bonds is 7. The van der Waals surface area contributed by atoms with Crippen LogP contribution in [0.1, 0.15) is 21.5 Å². The minimum absolute atomic E-state index is 0.123. The van der Waals surface area contributed by atoms with Crippen LogP contribution in [0.3, 0.4) is 0 Å². The first-order valence-corrected chi connectivity index (χ1v) is 11.9. The third kappa shape index (κ3) is 6.36. The summed E-state index contributed by atoms with van der Waals surface area (Å²) in [4.78, 5) is 25.6. The normalized spacial score (nSPS) is 15.4. The van der Waals surface area contributed by atoms with Crippen molar-refractivity contribution in [1.82, 2.24) is 9.79 Å². The number of hydrogen-bond donors (Lipinski definition) is 2. The zero-order valence-electron chi connectivity index (χ0n) is 17.6. The molecule has 2 N–H and O–H groups in total. The summed E-state index contributed by atoms with van der Waals surface area (Å²) in [7, 11) is -3.16. The van der Waals surface area contributed by atoms with Crippen LogP contribution in [0.4, 0.5) is 5.69 Å². The lowest BCUT2D eigenvalue weighted by atomic mass is 10.1. The van der Waals surface area contributed by atoms with Gasteiger partial charge in [0.1, 0.15) is 0 Å². The van der Waals surface area contributed by atoms with E-state index in [-0.39, 0.29) is 5.78 Å². The number of sulfonamides is 1. The molecule has 1 aliphatic rings. The SMILES string of the molecule is CS(=O)(=O)N1CCN(c2ccc(C(=O)C=Cc3ccc(C=CC(=O)NO)cc3)cc2)CC1. The second-order valence-electron chi connectivity index (χ2n) is 7.37. The number of carbonyl (C=O) groups excluding carboxylic acids is 2. The zero-order chi connectivity index (χ0) is 23.1. The molecule has 0 aromatic heterocycles. The average Bonchev–Trinajstić information content (AvgIpc) is 2.81. The van der Waals surface area contributed by atoms with Crippen molar-refractivity contribution in [1.29, 1.82) is 0 Å². The molecule has 2 aromatic rings. The van der Waals surface area contributed by atoms with E-state index in [0.29, 0.717) is 31.7 Å². The number of amides is 1. The highest BCUT2D eigenvalue weighted by Gasteiger charge is 2.23. The Kier molecular flexibility index (Phi) is 7.57. The molecule has 0 bridgehead atoms. The molecule has 1 aliphatic heterocycles. The van der Waals surface area contributed by atoms with Gasteiger partial charge in [-0.2, -0.15) is 4.31 Å². The van der Waals surface area contributed by atoms with E-state index in [9.17, 15) is 18.0 Å². The number of anilines is 1. The van der Waals surface area contributed by atoms with Gasteiger partial charge in [-0.15, -0.1) is 0 Å². The molecule has 0 spiro atoms. The summed E-state index contributed by atoms with van der Waals surface area (Å²) in [5, 5.41) is 8.47. The van der Waals surface area contributed by atoms with E-state index in [1.807, 2.05) is 24.3 Å². The maximum absolute atomic E-state index is 12.5. The number of nitrogens with zero attached hydrogens (tertiary/aromatic N) is 2. The van der Waals surface area contributed by atoms with Crippen molar-refractivity contribution in [3.05, 3.63) is 77.4 Å². The van der Waals surface area contributed by atoms with Gasteiger partial charge in [0, 0.05) is 43.5 Å². The summed E-state index contributed by atoms with van der Waals surface area (Å²) in [6.07, 6.45) is 7.22. The highest BCUT2D eigenvalue weighted by Crippen LogP contribution is 2.19. The van der Waals surface area contributed by atoms with E-state index in [1.165, 1.54) is 28.2 Å². The number of benzene rings is 2. The van der Waals surface area contributed by atoms with Gasteiger partial charge in [-0.05, 0) is 47.5 Å². The molecule has 8 nitrogen and oxygen atoms in total. The van der Waals surface area contributed by atoms with Crippen molar-refractivity contribution in [2.24, 2.45) is 0 Å². The molecule has 3 rings (SSSR count). The molecule has 9 heteroatoms. The van der Waals surface area contributed by atoms with Gasteiger partial charge in [-0.25, -0.2) is 13.9 Å². The Morgan fingerprint density at radius 2 is 1.41 bits per heavy atom. The van der Waals surface area contributed by atoms with Crippen LogP contribution in [-0.4, -0.2) is 62.1 Å². The number of ketones is 1. The maximum Gasteiger partial charge on any atom is 0.267 e. The molecule has 0 radical (unpaired) electrons. The second-order valence-corrected chi connectivity index (χ2v) is 9.35. The third-order valence-electron chi connectivity index (χ3n) is 5.13. The van der Waals surface area contributed by atoms with Crippen LogP contribution in [0.5, 0.6) is 0 Å². The first-order valence-electron chi connectivity index (χ1n) is 10.0. The third-order valence-corrected chi connectivity index (χ3v) is 6.43. The number of nitrogens with one attached hydrogen (secondary N) is 1. The Labute approximate surface area is 187 Å². The molecule has 1 amide bonds. The number of allylic oxidation sites excluding steroid dienone is 1. The van der Waals surface area contributed by atoms with Gasteiger partial charge in [0.25, 0.3) is 5.91 Å². The molecule has 1 fully saturated rings. The fourth-order valence-corrected chi connectivity index (χ4v) is 4.14. The van der Waals surface area contributed by atoms with Crippen molar-refractivity contribution in [3.8, 4) is 0 Å². The average molecular weight is 456 g/mol. The standard InChI is InChI=1S/C23H25N3O5S/c1-32(30,31)26-16-14-25(15-17-26)21-10-8-20(9-11-21)22(27)12-6-18-2-4-19(5-3-18)7-13-23(28)24-29/h2-13,29H,14-17H2,1H3,(H,24,28). The predicted molar refractivity (Wildman–Crippen MR) is 124 cm³/mol. The predicted octanol–water partition coefficient (Wildman–Crippen LogP) is 2.18. The van der Waals surface area contributed by atoms with Crippen molar-refractivity contribution in [2.45, 2.75) is 0 Å². The topological polar surface area (TPSA) is 107 Å². The number of carbonyl (C=O) groups is 2. The highest BCUT2D eigenvalue weighted by molar-refractivity contribution is 7.88. The number of hydrogen-bond acceptors (Lipinski definition) is 6. The molecular weight excluding hydrogens is 430 g/mol. The fraction of sp³-hybridized carbons (Fsp3) is 0.217. The minimum atomic E-state index is -3.16. The molecule has 1 saturated heterocycles. The van der Waals surface area contributed by atoms with Crippen molar-refractivity contribution >= 4 is 39.6 Å². The summed E-state index contributed by atoms with van der Waals surface area (Å²) in [6.45, 7) is 2.11. The monoisotopic (exact) mass is 455 g/mol. The van der Waals surface area contributed by atoms with Gasteiger partial charge in [-0.1, -0.05) is 30.3 Å². The largest absolute Gasteiger partial charge is 0.369 e. The van der Waals surface area contributed by atoms with Crippen LogP contribution >= 0.6 is 0 Å². The van der Waals surface area contributed by atoms with Crippen LogP contribution in [-0.2, 0) is 14.8 Å². The van der Waals surface area contributed by atoms with E-state index < -0.39 is 15.9 Å². The summed E-state index contributed by atoms with van der Waals surface area (Å²) >= 11 is 0. The summed E-state index contributed by atoms with van der Waals surface area (Å²) in [6, 6.07) is 14.5. The minimum Gasteiger partial charge on any atom is -0.369 e. The maximum atomic E-state index is 12.5. The molecule has 0 saturated carbocycles. The van der Waals surface area contributed by atoms with Gasteiger partial charge in [0.15, 0.2) is 5.78 Å². The molecule has 0 atom stereocenters. The molecule has 1 heterocycles. The van der Waals surface area contributed by atoms with Crippen LogP contribution < -0.4 is 10.4 Å². The molecular formula is C23H25N3O5S. The van der Waals surface area contributed by atoms with E-state index >= 15 is 0 Å². The van der Waals surface area contributed by atoms with E-state index in [0.717, 1.165) is 16.8 Å². The first-order chi connectivity index (χ1) is 15.3. The van der Waals surface area contributed by atoms with Gasteiger partial charge < -0.3 is 4.90 Å². The van der Waals surface area contributed by atoms with E-state index in [4.69, 9.17) is 5.21 Å². The van der Waals surface area contributed by atoms with Crippen LogP contribution in [0.15, 0.2) is 60.7 Å². The Bertz CT molecular complexity index is 1120. The number of hydroxylamine groups is 1. The Morgan fingerprint density at radius 1 is 0.875 bits per heavy atom.